The molecule has 0 N–H and O–H groups in total. The average Bonchev–Trinajstić information content (AvgIpc) is 3.02. The first kappa shape index (κ1) is 19.7. The van der Waals surface area contributed by atoms with Crippen molar-refractivity contribution in [2.45, 2.75) is 52.1 Å². The molecule has 0 unspecified atom stereocenters. The molecule has 1 saturated heterocycles. The first-order valence-corrected chi connectivity index (χ1v) is 10.6. The Bertz CT molecular complexity index is 716. The lowest BCUT2D eigenvalue weighted by molar-refractivity contribution is 0.0657. The number of likely N-dealkylation sites (tertiary alicyclic amines) is 1. The Labute approximate surface area is 165 Å². The summed E-state index contributed by atoms with van der Waals surface area (Å²) >= 11 is 0. The van der Waals surface area contributed by atoms with Gasteiger partial charge in [-0.3, -0.25) is 4.90 Å². The zero-order chi connectivity index (χ0) is 19.1. The number of rotatable bonds is 7. The van der Waals surface area contributed by atoms with Gasteiger partial charge in [-0.15, -0.1) is 0 Å². The molecule has 0 saturated carbocycles. The lowest BCUT2D eigenvalue weighted by atomic mass is 10.0. The van der Waals surface area contributed by atoms with E-state index in [1.807, 2.05) is 13.8 Å². The first-order chi connectivity index (χ1) is 13.3. The standard InChI is InChI=1S/C23H28N2.C2H6/c1-19-23-14-8-7-13-21(23)16-25(19)22-17-24(18-22)15-9-3-6-12-20-10-4-2-5-11-20;1-2/h2,4-5,7-8,10-11,13-14,22H,1,3,6,9,12,15-18H2;1-2H3. The Balaban J connectivity index is 0.00000102. The fourth-order valence-electron chi connectivity index (χ4n) is 4.13. The van der Waals surface area contributed by atoms with Crippen LogP contribution in [0.4, 0.5) is 0 Å². The molecule has 0 amide bonds. The molecule has 1 fully saturated rings. The van der Waals surface area contributed by atoms with Gasteiger partial charge in [0.1, 0.15) is 0 Å². The molecule has 0 spiro atoms. The summed E-state index contributed by atoms with van der Waals surface area (Å²) in [5.41, 5.74) is 5.48. The fraction of sp³-hybridized carbons (Fsp3) is 0.440. The Kier molecular flexibility index (Phi) is 7.11. The van der Waals surface area contributed by atoms with Gasteiger partial charge in [-0.05, 0) is 36.9 Å². The molecule has 2 aliphatic heterocycles. The van der Waals surface area contributed by atoms with Crippen molar-refractivity contribution in [3.8, 4) is 0 Å². The Hall–Kier alpha value is -2.06. The van der Waals surface area contributed by atoms with Crippen LogP contribution >= 0.6 is 0 Å². The topological polar surface area (TPSA) is 6.48 Å². The summed E-state index contributed by atoms with van der Waals surface area (Å²) in [7, 11) is 0. The van der Waals surface area contributed by atoms with Crippen LogP contribution in [-0.2, 0) is 13.0 Å². The third kappa shape index (κ3) is 4.81. The second kappa shape index (κ2) is 9.75. The molecule has 0 atom stereocenters. The zero-order valence-corrected chi connectivity index (χ0v) is 17.0. The maximum absolute atomic E-state index is 4.33. The minimum absolute atomic E-state index is 0.657. The molecule has 2 heteroatoms. The Morgan fingerprint density at radius 1 is 0.889 bits per heavy atom. The summed E-state index contributed by atoms with van der Waals surface area (Å²) < 4.78 is 0. The van der Waals surface area contributed by atoms with Crippen LogP contribution < -0.4 is 0 Å². The average molecular weight is 363 g/mol. The second-order valence-corrected chi connectivity index (χ2v) is 7.44. The van der Waals surface area contributed by atoms with E-state index >= 15 is 0 Å². The van der Waals surface area contributed by atoms with Crippen LogP contribution in [0.5, 0.6) is 0 Å². The van der Waals surface area contributed by atoms with Gasteiger partial charge in [-0.25, -0.2) is 0 Å². The van der Waals surface area contributed by atoms with Gasteiger partial charge in [0.25, 0.3) is 0 Å². The highest BCUT2D eigenvalue weighted by Gasteiger charge is 2.35. The summed E-state index contributed by atoms with van der Waals surface area (Å²) in [6.07, 6.45) is 5.17. The van der Waals surface area contributed by atoms with Gasteiger partial charge in [0.2, 0.25) is 0 Å². The summed E-state index contributed by atoms with van der Waals surface area (Å²) in [5, 5.41) is 0. The van der Waals surface area contributed by atoms with E-state index in [0.29, 0.717) is 6.04 Å². The maximum atomic E-state index is 4.33. The van der Waals surface area contributed by atoms with Gasteiger partial charge in [0.15, 0.2) is 0 Å². The predicted octanol–water partition coefficient (Wildman–Crippen LogP) is 5.60. The highest BCUT2D eigenvalue weighted by Crippen LogP contribution is 2.35. The second-order valence-electron chi connectivity index (χ2n) is 7.44. The summed E-state index contributed by atoms with van der Waals surface area (Å²) in [4.78, 5) is 5.11. The molecule has 4 rings (SSSR count). The SMILES string of the molecule is C=C1c2ccccc2CN1C1CN(CCCCCc2ccccc2)C1.CC. The van der Waals surface area contributed by atoms with E-state index in [1.54, 1.807) is 0 Å². The van der Waals surface area contributed by atoms with Crippen molar-refractivity contribution >= 4 is 5.70 Å². The third-order valence-corrected chi connectivity index (χ3v) is 5.68. The van der Waals surface area contributed by atoms with E-state index in [0.717, 1.165) is 6.54 Å². The van der Waals surface area contributed by atoms with Crippen molar-refractivity contribution in [3.05, 3.63) is 77.9 Å². The molecule has 2 aliphatic rings. The Morgan fingerprint density at radius 3 is 2.33 bits per heavy atom. The molecular weight excluding hydrogens is 328 g/mol. The first-order valence-electron chi connectivity index (χ1n) is 10.6. The Morgan fingerprint density at radius 2 is 1.59 bits per heavy atom. The van der Waals surface area contributed by atoms with Crippen molar-refractivity contribution in [1.29, 1.82) is 0 Å². The summed E-state index contributed by atoms with van der Waals surface area (Å²) in [6.45, 7) is 13.0. The maximum Gasteiger partial charge on any atom is 0.0547 e. The van der Waals surface area contributed by atoms with Crippen molar-refractivity contribution in [2.24, 2.45) is 0 Å². The molecule has 144 valence electrons. The molecule has 2 heterocycles. The van der Waals surface area contributed by atoms with Gasteiger partial charge in [0, 0.05) is 30.9 Å². The number of hydrogen-bond acceptors (Lipinski definition) is 2. The predicted molar refractivity (Wildman–Crippen MR) is 117 cm³/mol. The molecule has 0 radical (unpaired) electrons. The van der Waals surface area contributed by atoms with Gasteiger partial charge in [-0.2, -0.15) is 0 Å². The normalized spacial score (nSPS) is 16.5. The van der Waals surface area contributed by atoms with Crippen LogP contribution in [0, 0.1) is 0 Å². The van der Waals surface area contributed by atoms with Crippen LogP contribution in [-0.4, -0.2) is 35.5 Å². The van der Waals surface area contributed by atoms with Crippen molar-refractivity contribution in [3.63, 3.8) is 0 Å². The van der Waals surface area contributed by atoms with Gasteiger partial charge < -0.3 is 4.90 Å². The van der Waals surface area contributed by atoms with E-state index in [9.17, 15) is 0 Å². The van der Waals surface area contributed by atoms with Crippen LogP contribution in [0.1, 0.15) is 49.8 Å². The highest BCUT2D eigenvalue weighted by molar-refractivity contribution is 5.69. The van der Waals surface area contributed by atoms with E-state index < -0.39 is 0 Å². The minimum atomic E-state index is 0.657. The lowest BCUT2D eigenvalue weighted by Crippen LogP contribution is -2.57. The number of benzene rings is 2. The third-order valence-electron chi connectivity index (χ3n) is 5.68. The largest absolute Gasteiger partial charge is 0.362 e. The monoisotopic (exact) mass is 362 g/mol. The highest BCUT2D eigenvalue weighted by atomic mass is 15.3. The van der Waals surface area contributed by atoms with Crippen LogP contribution in [0.25, 0.3) is 5.70 Å². The molecular formula is C25H34N2. The van der Waals surface area contributed by atoms with E-state index in [1.165, 1.54) is 67.7 Å². The molecule has 2 aromatic rings. The molecule has 2 aromatic carbocycles. The van der Waals surface area contributed by atoms with Crippen molar-refractivity contribution in [2.75, 3.05) is 19.6 Å². The number of hydrogen-bond donors (Lipinski definition) is 0. The molecule has 0 aromatic heterocycles. The number of unbranched alkanes of at least 4 members (excludes halogenated alkanes) is 2. The minimum Gasteiger partial charge on any atom is -0.362 e. The molecule has 0 aliphatic carbocycles. The number of fused-ring (bicyclic) bond motifs is 1. The fourth-order valence-corrected chi connectivity index (χ4v) is 4.13. The van der Waals surface area contributed by atoms with Crippen LogP contribution in [0.15, 0.2) is 61.2 Å². The zero-order valence-electron chi connectivity index (χ0n) is 17.0. The van der Waals surface area contributed by atoms with Gasteiger partial charge in [-0.1, -0.05) is 81.4 Å². The smallest absolute Gasteiger partial charge is 0.0547 e. The van der Waals surface area contributed by atoms with Gasteiger partial charge >= 0.3 is 0 Å². The van der Waals surface area contributed by atoms with Crippen molar-refractivity contribution < 1.29 is 0 Å². The van der Waals surface area contributed by atoms with Gasteiger partial charge in [0.05, 0.1) is 6.04 Å². The quantitative estimate of drug-likeness (QED) is 0.592. The van der Waals surface area contributed by atoms with Crippen LogP contribution in [0.3, 0.4) is 0 Å². The molecule has 27 heavy (non-hydrogen) atoms. The summed E-state index contributed by atoms with van der Waals surface area (Å²) in [5.74, 6) is 0. The van der Waals surface area contributed by atoms with Crippen LogP contribution in [0.2, 0.25) is 0 Å². The lowest BCUT2D eigenvalue weighted by Gasteiger charge is -2.45. The van der Waals surface area contributed by atoms with E-state index in [4.69, 9.17) is 0 Å². The summed E-state index contributed by atoms with van der Waals surface area (Å²) in [6, 6.07) is 20.2. The van der Waals surface area contributed by atoms with E-state index in [-0.39, 0.29) is 0 Å². The number of aryl methyl sites for hydroxylation is 1. The van der Waals surface area contributed by atoms with Crippen molar-refractivity contribution in [1.82, 2.24) is 9.80 Å². The number of nitrogens with zero attached hydrogens (tertiary/aromatic N) is 2. The van der Waals surface area contributed by atoms with E-state index in [2.05, 4.69) is 71.0 Å². The molecule has 2 nitrogen and oxygen atoms in total. The molecule has 0 bridgehead atoms.